The molecule has 0 aliphatic carbocycles. The average Bonchev–Trinajstić information content (AvgIpc) is 2.53. The maximum Gasteiger partial charge on any atom is 0.163 e. The summed E-state index contributed by atoms with van der Waals surface area (Å²) >= 11 is 0. The minimum atomic E-state index is -0.380. The van der Waals surface area contributed by atoms with Crippen LogP contribution in [0.2, 0.25) is 0 Å². The number of hydrogen-bond donors (Lipinski definition) is 3. The fourth-order valence-corrected chi connectivity index (χ4v) is 2.21. The van der Waals surface area contributed by atoms with Crippen molar-refractivity contribution in [3.8, 4) is 11.4 Å². The largest absolute Gasteiger partial charge is 0.394 e. The van der Waals surface area contributed by atoms with E-state index < -0.39 is 0 Å². The molecule has 5 heteroatoms. The van der Waals surface area contributed by atoms with Gasteiger partial charge in [-0.3, -0.25) is 0 Å². The number of nitrogen functional groups attached to an aromatic ring is 1. The van der Waals surface area contributed by atoms with Gasteiger partial charge in [-0.15, -0.1) is 0 Å². The van der Waals surface area contributed by atoms with E-state index in [0.29, 0.717) is 17.5 Å². The van der Waals surface area contributed by atoms with Gasteiger partial charge in [-0.25, -0.2) is 9.97 Å². The molecule has 1 aromatic carbocycles. The molecule has 0 bridgehead atoms. The van der Waals surface area contributed by atoms with Crippen molar-refractivity contribution < 1.29 is 5.11 Å². The van der Waals surface area contributed by atoms with Crippen molar-refractivity contribution in [2.45, 2.75) is 32.2 Å². The van der Waals surface area contributed by atoms with Gasteiger partial charge in [0.05, 0.1) is 12.1 Å². The molecule has 5 nitrogen and oxygen atoms in total. The van der Waals surface area contributed by atoms with E-state index in [2.05, 4.69) is 15.3 Å². The lowest BCUT2D eigenvalue weighted by molar-refractivity contribution is 0.202. The average molecular weight is 286 g/mol. The quantitative estimate of drug-likeness (QED) is 0.760. The Morgan fingerprint density at radius 1 is 1.14 bits per heavy atom. The van der Waals surface area contributed by atoms with Crippen molar-refractivity contribution in [2.75, 3.05) is 17.7 Å². The van der Waals surface area contributed by atoms with Crippen LogP contribution in [0.3, 0.4) is 0 Å². The second-order valence-electron chi connectivity index (χ2n) is 5.14. The van der Waals surface area contributed by atoms with E-state index in [9.17, 15) is 5.11 Å². The third-order valence-electron chi connectivity index (χ3n) is 3.83. The van der Waals surface area contributed by atoms with Crippen LogP contribution in [-0.4, -0.2) is 27.2 Å². The lowest BCUT2D eigenvalue weighted by Crippen LogP contribution is -2.41. The first kappa shape index (κ1) is 15.3. The summed E-state index contributed by atoms with van der Waals surface area (Å²) in [6.07, 6.45) is 1.59. The first-order valence-electron chi connectivity index (χ1n) is 7.21. The highest BCUT2D eigenvalue weighted by Crippen LogP contribution is 2.24. The number of nitrogens with two attached hydrogens (primary N) is 1. The summed E-state index contributed by atoms with van der Waals surface area (Å²) in [5.74, 6) is 1.63. The van der Waals surface area contributed by atoms with Gasteiger partial charge in [-0.1, -0.05) is 44.2 Å². The van der Waals surface area contributed by atoms with Gasteiger partial charge in [-0.05, 0) is 12.8 Å². The first-order chi connectivity index (χ1) is 10.1. The van der Waals surface area contributed by atoms with Crippen LogP contribution < -0.4 is 11.1 Å². The van der Waals surface area contributed by atoms with Crippen molar-refractivity contribution in [1.29, 1.82) is 0 Å². The highest BCUT2D eigenvalue weighted by molar-refractivity contribution is 5.60. The predicted octanol–water partition coefficient (Wildman–Crippen LogP) is 2.69. The van der Waals surface area contributed by atoms with Gasteiger partial charge < -0.3 is 16.2 Å². The summed E-state index contributed by atoms with van der Waals surface area (Å²) in [6.45, 7) is 4.12. The van der Waals surface area contributed by atoms with Crippen LogP contribution in [0, 0.1) is 0 Å². The van der Waals surface area contributed by atoms with Crippen LogP contribution in [0.25, 0.3) is 11.4 Å². The Morgan fingerprint density at radius 3 is 2.38 bits per heavy atom. The van der Waals surface area contributed by atoms with Crippen LogP contribution >= 0.6 is 0 Å². The molecule has 0 aliphatic heterocycles. The zero-order valence-corrected chi connectivity index (χ0v) is 12.5. The Balaban J connectivity index is 2.36. The zero-order chi connectivity index (χ0) is 15.3. The minimum absolute atomic E-state index is 0.0462. The maximum atomic E-state index is 9.66. The Hall–Kier alpha value is -2.14. The third kappa shape index (κ3) is 3.49. The van der Waals surface area contributed by atoms with Crippen molar-refractivity contribution in [1.82, 2.24) is 9.97 Å². The van der Waals surface area contributed by atoms with E-state index in [1.807, 2.05) is 44.2 Å². The number of aliphatic hydroxyl groups is 1. The monoisotopic (exact) mass is 286 g/mol. The molecule has 0 saturated carbocycles. The SMILES string of the molecule is CCC(CC)(CO)Nc1cc(N)nc(-c2ccccc2)n1. The first-order valence-corrected chi connectivity index (χ1v) is 7.21. The fraction of sp³-hybridized carbons (Fsp3) is 0.375. The number of rotatable bonds is 6. The molecule has 2 aromatic rings. The number of anilines is 2. The Morgan fingerprint density at radius 2 is 1.81 bits per heavy atom. The minimum Gasteiger partial charge on any atom is -0.394 e. The molecule has 21 heavy (non-hydrogen) atoms. The van der Waals surface area contributed by atoms with Crippen LogP contribution in [0.5, 0.6) is 0 Å². The standard InChI is InChI=1S/C16H22N4O/c1-3-16(4-2,11-21)20-14-10-13(17)18-15(19-14)12-8-6-5-7-9-12/h5-10,21H,3-4,11H2,1-2H3,(H3,17,18,19,20). The Labute approximate surface area is 125 Å². The molecule has 0 atom stereocenters. The number of aliphatic hydroxyl groups excluding tert-OH is 1. The van der Waals surface area contributed by atoms with Crippen LogP contribution in [0.15, 0.2) is 36.4 Å². The van der Waals surface area contributed by atoms with E-state index in [1.165, 1.54) is 0 Å². The van der Waals surface area contributed by atoms with E-state index in [4.69, 9.17) is 5.73 Å². The maximum absolute atomic E-state index is 9.66. The highest BCUT2D eigenvalue weighted by atomic mass is 16.3. The molecule has 0 unspecified atom stereocenters. The van der Waals surface area contributed by atoms with E-state index >= 15 is 0 Å². The second kappa shape index (κ2) is 6.54. The number of benzene rings is 1. The predicted molar refractivity (Wildman–Crippen MR) is 85.9 cm³/mol. The molecule has 0 fully saturated rings. The van der Waals surface area contributed by atoms with Crippen LogP contribution in [-0.2, 0) is 0 Å². The van der Waals surface area contributed by atoms with Crippen molar-refractivity contribution in [3.63, 3.8) is 0 Å². The van der Waals surface area contributed by atoms with E-state index in [1.54, 1.807) is 6.07 Å². The normalized spacial score (nSPS) is 11.4. The lowest BCUT2D eigenvalue weighted by atomic mass is 9.94. The molecular weight excluding hydrogens is 264 g/mol. The van der Waals surface area contributed by atoms with Crippen molar-refractivity contribution >= 4 is 11.6 Å². The summed E-state index contributed by atoms with van der Waals surface area (Å²) in [5.41, 5.74) is 6.42. The summed E-state index contributed by atoms with van der Waals surface area (Å²) in [6, 6.07) is 11.4. The molecule has 0 saturated heterocycles. The fourth-order valence-electron chi connectivity index (χ4n) is 2.21. The number of nitrogens with zero attached hydrogens (tertiary/aromatic N) is 2. The molecule has 0 amide bonds. The van der Waals surface area contributed by atoms with Crippen LogP contribution in [0.4, 0.5) is 11.6 Å². The highest BCUT2D eigenvalue weighted by Gasteiger charge is 2.25. The van der Waals surface area contributed by atoms with E-state index in [-0.39, 0.29) is 12.1 Å². The van der Waals surface area contributed by atoms with Gasteiger partial charge in [0.15, 0.2) is 5.82 Å². The topological polar surface area (TPSA) is 84.1 Å². The molecule has 0 radical (unpaired) electrons. The molecule has 1 heterocycles. The van der Waals surface area contributed by atoms with Gasteiger partial charge in [0.1, 0.15) is 11.6 Å². The lowest BCUT2D eigenvalue weighted by Gasteiger charge is -2.31. The smallest absolute Gasteiger partial charge is 0.163 e. The van der Waals surface area contributed by atoms with Gasteiger partial charge in [0, 0.05) is 11.6 Å². The number of hydrogen-bond acceptors (Lipinski definition) is 5. The summed E-state index contributed by atoms with van der Waals surface area (Å²) in [5, 5.41) is 13.0. The number of aromatic nitrogens is 2. The summed E-state index contributed by atoms with van der Waals surface area (Å²) in [7, 11) is 0. The Kier molecular flexibility index (Phi) is 4.75. The van der Waals surface area contributed by atoms with Gasteiger partial charge in [0.25, 0.3) is 0 Å². The van der Waals surface area contributed by atoms with Crippen LogP contribution in [0.1, 0.15) is 26.7 Å². The van der Waals surface area contributed by atoms with Crippen molar-refractivity contribution in [3.05, 3.63) is 36.4 Å². The third-order valence-corrected chi connectivity index (χ3v) is 3.83. The number of nitrogens with one attached hydrogen (secondary N) is 1. The molecule has 112 valence electrons. The Bertz CT molecular complexity index is 574. The summed E-state index contributed by atoms with van der Waals surface area (Å²) in [4.78, 5) is 8.79. The molecule has 0 spiro atoms. The second-order valence-corrected chi connectivity index (χ2v) is 5.14. The molecule has 2 rings (SSSR count). The molecular formula is C16H22N4O. The van der Waals surface area contributed by atoms with E-state index in [0.717, 1.165) is 18.4 Å². The zero-order valence-electron chi connectivity index (χ0n) is 12.5. The van der Waals surface area contributed by atoms with Gasteiger partial charge in [-0.2, -0.15) is 0 Å². The molecule has 0 aliphatic rings. The van der Waals surface area contributed by atoms with Crippen molar-refractivity contribution in [2.24, 2.45) is 0 Å². The molecule has 4 N–H and O–H groups in total. The molecule has 1 aromatic heterocycles. The van der Waals surface area contributed by atoms with Gasteiger partial charge >= 0.3 is 0 Å². The van der Waals surface area contributed by atoms with Gasteiger partial charge in [0.2, 0.25) is 0 Å². The summed E-state index contributed by atoms with van der Waals surface area (Å²) < 4.78 is 0.